The number of nitrogens with two attached hydrogens (primary N) is 1. The van der Waals surface area contributed by atoms with Crippen molar-refractivity contribution in [2.75, 3.05) is 19.7 Å². The van der Waals surface area contributed by atoms with Crippen LogP contribution in [0.3, 0.4) is 0 Å². The number of fused-ring (bicyclic) bond motifs is 1. The van der Waals surface area contributed by atoms with Gasteiger partial charge in [0.1, 0.15) is 5.82 Å². The Hall–Kier alpha value is -3.07. The van der Waals surface area contributed by atoms with Crippen LogP contribution in [0.15, 0.2) is 41.3 Å². The molecule has 39 heavy (non-hydrogen) atoms. The Balaban J connectivity index is 1.61. The van der Waals surface area contributed by atoms with E-state index in [2.05, 4.69) is 10.2 Å². The van der Waals surface area contributed by atoms with Crippen LogP contribution in [-0.2, 0) is 13.1 Å². The lowest BCUT2D eigenvalue weighted by atomic mass is 9.93. The average Bonchev–Trinajstić information content (AvgIpc) is 3.72. The van der Waals surface area contributed by atoms with Gasteiger partial charge >= 0.3 is 0 Å². The van der Waals surface area contributed by atoms with Gasteiger partial charge in [0.15, 0.2) is 0 Å². The molecule has 0 bridgehead atoms. The van der Waals surface area contributed by atoms with Gasteiger partial charge in [-0.2, -0.15) is 0 Å². The number of amides is 1. The van der Waals surface area contributed by atoms with Crippen LogP contribution in [0, 0.1) is 18.2 Å². The molecule has 2 heterocycles. The van der Waals surface area contributed by atoms with E-state index >= 15 is 4.39 Å². The van der Waals surface area contributed by atoms with E-state index in [4.69, 9.17) is 5.73 Å². The number of aliphatic hydroxyl groups excluding tert-OH is 1. The minimum absolute atomic E-state index is 0.0395. The second-order valence-corrected chi connectivity index (χ2v) is 12.2. The fourth-order valence-corrected chi connectivity index (χ4v) is 5.47. The maximum Gasteiger partial charge on any atom is 0.258 e. The number of hydrogen-bond acceptors (Lipinski definition) is 5. The first kappa shape index (κ1) is 27.5. The molecule has 7 nitrogen and oxygen atoms in total. The molecule has 2 aromatic carbocycles. The maximum absolute atomic E-state index is 15.0. The quantitative estimate of drug-likeness (QED) is 0.406. The monoisotopic (exact) mass is 534 g/mol. The molecule has 3 aromatic rings. The van der Waals surface area contributed by atoms with E-state index in [1.54, 1.807) is 23.6 Å². The van der Waals surface area contributed by atoms with Crippen molar-refractivity contribution >= 4 is 16.7 Å². The predicted molar refractivity (Wildman–Crippen MR) is 152 cm³/mol. The predicted octanol–water partition coefficient (Wildman–Crippen LogP) is 3.95. The molecule has 5 rings (SSSR count). The van der Waals surface area contributed by atoms with Gasteiger partial charge in [0.2, 0.25) is 0 Å². The minimum Gasteiger partial charge on any atom is -0.396 e. The van der Waals surface area contributed by atoms with Crippen molar-refractivity contribution in [1.82, 2.24) is 14.8 Å². The SMILES string of the molecule is Cc1c(F)cc(C(=O)NC2CC2)cc1-c1ccc2c(=O)n(CC(C)(C)CO)cc(CN3CCC[C@H](N)C3)c2c1. The zero-order chi connectivity index (χ0) is 27.9. The molecule has 1 saturated heterocycles. The fraction of sp³-hybridized carbons (Fsp3) is 0.484. The van der Waals surface area contributed by atoms with Gasteiger partial charge in [-0.1, -0.05) is 19.9 Å². The molecular formula is C31H39FN4O3. The molecule has 0 radical (unpaired) electrons. The first-order chi connectivity index (χ1) is 18.5. The second kappa shape index (κ2) is 10.8. The summed E-state index contributed by atoms with van der Waals surface area (Å²) in [5.74, 6) is -0.701. The zero-order valence-corrected chi connectivity index (χ0v) is 23.1. The number of aromatic nitrogens is 1. The standard InChI is InChI=1S/C31H39FN4O3/c1-19-26(12-21(13-28(19)32)29(38)34-24-7-8-24)20-6-9-25-27(11-20)22(14-35-10-4-5-23(33)16-35)15-36(30(25)39)17-31(2,3)18-37/h6,9,11-13,15,23-24,37H,4-5,7-8,10,14,16-18,33H2,1-3H3,(H,34,38)/t23-/m0/s1. The van der Waals surface area contributed by atoms with Crippen molar-refractivity contribution in [2.24, 2.45) is 11.1 Å². The van der Waals surface area contributed by atoms with Crippen LogP contribution in [0.2, 0.25) is 0 Å². The van der Waals surface area contributed by atoms with Gasteiger partial charge in [-0.25, -0.2) is 4.39 Å². The number of carbonyl (C=O) groups is 1. The molecule has 1 amide bonds. The molecule has 1 aliphatic carbocycles. The number of nitrogens with one attached hydrogen (secondary N) is 1. The van der Waals surface area contributed by atoms with Crippen LogP contribution in [0.4, 0.5) is 4.39 Å². The third-order valence-electron chi connectivity index (χ3n) is 7.96. The highest BCUT2D eigenvalue weighted by Crippen LogP contribution is 2.31. The Morgan fingerprint density at radius 1 is 1.18 bits per heavy atom. The number of halogens is 1. The number of carbonyl (C=O) groups excluding carboxylic acids is 1. The summed E-state index contributed by atoms with van der Waals surface area (Å²) in [6.45, 7) is 8.26. The Morgan fingerprint density at radius 2 is 1.95 bits per heavy atom. The zero-order valence-electron chi connectivity index (χ0n) is 23.1. The number of piperidine rings is 1. The Morgan fingerprint density at radius 3 is 2.64 bits per heavy atom. The number of pyridine rings is 1. The first-order valence-electron chi connectivity index (χ1n) is 13.9. The summed E-state index contributed by atoms with van der Waals surface area (Å²) in [4.78, 5) is 28.6. The molecule has 1 atom stereocenters. The van der Waals surface area contributed by atoms with E-state index in [1.807, 2.05) is 32.2 Å². The van der Waals surface area contributed by atoms with E-state index in [-0.39, 0.29) is 30.2 Å². The molecule has 8 heteroatoms. The second-order valence-electron chi connectivity index (χ2n) is 12.2. The maximum atomic E-state index is 15.0. The van der Waals surface area contributed by atoms with Crippen molar-refractivity contribution < 1.29 is 14.3 Å². The Bertz CT molecular complexity index is 1460. The van der Waals surface area contributed by atoms with Crippen LogP contribution in [0.5, 0.6) is 0 Å². The molecule has 0 spiro atoms. The summed E-state index contributed by atoms with van der Waals surface area (Å²) >= 11 is 0. The highest BCUT2D eigenvalue weighted by Gasteiger charge is 2.25. The Kier molecular flexibility index (Phi) is 7.64. The van der Waals surface area contributed by atoms with Gasteiger partial charge in [-0.15, -0.1) is 0 Å². The van der Waals surface area contributed by atoms with Gasteiger partial charge in [0.25, 0.3) is 11.5 Å². The number of hydrogen-bond donors (Lipinski definition) is 3. The molecule has 1 aromatic heterocycles. The highest BCUT2D eigenvalue weighted by atomic mass is 19.1. The van der Waals surface area contributed by atoms with E-state index in [1.165, 1.54) is 6.07 Å². The highest BCUT2D eigenvalue weighted by molar-refractivity contribution is 5.97. The lowest BCUT2D eigenvalue weighted by Crippen LogP contribution is -2.42. The summed E-state index contributed by atoms with van der Waals surface area (Å²) in [5.41, 5.74) is 8.79. The molecule has 0 unspecified atom stereocenters. The number of nitrogens with zero attached hydrogens (tertiary/aromatic N) is 2. The van der Waals surface area contributed by atoms with Gasteiger partial charge in [-0.05, 0) is 91.1 Å². The number of aliphatic hydroxyl groups is 1. The summed E-state index contributed by atoms with van der Waals surface area (Å²) < 4.78 is 16.7. The fourth-order valence-electron chi connectivity index (χ4n) is 5.47. The van der Waals surface area contributed by atoms with Gasteiger partial charge in [-0.3, -0.25) is 14.5 Å². The van der Waals surface area contributed by atoms with Crippen molar-refractivity contribution in [1.29, 1.82) is 0 Å². The van der Waals surface area contributed by atoms with Crippen LogP contribution >= 0.6 is 0 Å². The molecule has 1 aliphatic heterocycles. The number of benzene rings is 2. The molecule has 4 N–H and O–H groups in total. The molecular weight excluding hydrogens is 495 g/mol. The van der Waals surface area contributed by atoms with Crippen LogP contribution in [0.1, 0.15) is 61.0 Å². The van der Waals surface area contributed by atoms with Gasteiger partial charge in [0, 0.05) is 60.9 Å². The molecule has 1 saturated carbocycles. The van der Waals surface area contributed by atoms with Crippen LogP contribution in [0.25, 0.3) is 21.9 Å². The number of rotatable bonds is 8. The summed E-state index contributed by atoms with van der Waals surface area (Å²) in [6.07, 6.45) is 5.83. The Labute approximate surface area is 228 Å². The normalized spacial score (nSPS) is 18.5. The van der Waals surface area contributed by atoms with E-state index in [9.17, 15) is 14.7 Å². The van der Waals surface area contributed by atoms with Crippen LogP contribution < -0.4 is 16.6 Å². The largest absolute Gasteiger partial charge is 0.396 e. The average molecular weight is 535 g/mol. The molecule has 208 valence electrons. The minimum atomic E-state index is -0.460. The van der Waals surface area contributed by atoms with E-state index in [0.717, 1.165) is 55.3 Å². The summed E-state index contributed by atoms with van der Waals surface area (Å²) in [5, 5.41) is 14.2. The van der Waals surface area contributed by atoms with E-state index < -0.39 is 11.2 Å². The molecule has 2 fully saturated rings. The third kappa shape index (κ3) is 6.08. The third-order valence-corrected chi connectivity index (χ3v) is 7.96. The number of likely N-dealkylation sites (tertiary alicyclic amines) is 1. The summed E-state index contributed by atoms with van der Waals surface area (Å²) in [6, 6.07) is 8.91. The smallest absolute Gasteiger partial charge is 0.258 e. The van der Waals surface area contributed by atoms with Crippen molar-refractivity contribution in [3.63, 3.8) is 0 Å². The summed E-state index contributed by atoms with van der Waals surface area (Å²) in [7, 11) is 0. The van der Waals surface area contributed by atoms with Gasteiger partial charge in [0.05, 0.1) is 0 Å². The van der Waals surface area contributed by atoms with Gasteiger partial charge < -0.3 is 20.7 Å². The lowest BCUT2D eigenvalue weighted by molar-refractivity contribution is 0.0950. The van der Waals surface area contributed by atoms with Crippen molar-refractivity contribution in [3.05, 3.63) is 69.4 Å². The van der Waals surface area contributed by atoms with E-state index in [0.29, 0.717) is 35.2 Å². The topological polar surface area (TPSA) is 101 Å². The first-order valence-corrected chi connectivity index (χ1v) is 13.9. The van der Waals surface area contributed by atoms with Crippen molar-refractivity contribution in [3.8, 4) is 11.1 Å². The van der Waals surface area contributed by atoms with Crippen molar-refractivity contribution in [2.45, 2.75) is 71.6 Å². The van der Waals surface area contributed by atoms with Crippen LogP contribution in [-0.4, -0.2) is 52.3 Å². The lowest BCUT2D eigenvalue weighted by Gasteiger charge is -2.31. The molecule has 2 aliphatic rings.